The Bertz CT molecular complexity index is 180. The van der Waals surface area contributed by atoms with Crippen molar-refractivity contribution in [1.29, 1.82) is 0 Å². The molecule has 68 valence electrons. The number of carbonyl (C=O) groups is 1. The van der Waals surface area contributed by atoms with Crippen LogP contribution in [0.3, 0.4) is 0 Å². The van der Waals surface area contributed by atoms with E-state index in [0.717, 1.165) is 19.3 Å². The van der Waals surface area contributed by atoms with Crippen LogP contribution >= 0.6 is 23.5 Å². The smallest absolute Gasteiger partial charge is 0.136 e. The molecule has 0 aromatic carbocycles. The summed E-state index contributed by atoms with van der Waals surface area (Å²) in [6.07, 6.45) is 3.39. The number of nitrogens with one attached hydrogen (secondary N) is 1. The van der Waals surface area contributed by atoms with E-state index in [1.165, 1.54) is 17.9 Å². The molecule has 0 aromatic rings. The molecule has 1 atom stereocenters. The van der Waals surface area contributed by atoms with Gasteiger partial charge in [0.25, 0.3) is 0 Å². The van der Waals surface area contributed by atoms with E-state index in [1.807, 2.05) is 23.5 Å². The zero-order chi connectivity index (χ0) is 8.44. The van der Waals surface area contributed by atoms with Crippen molar-refractivity contribution in [2.75, 3.05) is 18.1 Å². The molecule has 0 bridgehead atoms. The van der Waals surface area contributed by atoms with Gasteiger partial charge in [-0.1, -0.05) is 0 Å². The van der Waals surface area contributed by atoms with Gasteiger partial charge in [-0.3, -0.25) is 0 Å². The largest absolute Gasteiger partial charge is 0.305 e. The third-order valence-electron chi connectivity index (χ3n) is 2.35. The first-order chi connectivity index (χ1) is 5.85. The SMILES string of the molecule is O=CC1CC2(CN1)SCCCS2. The van der Waals surface area contributed by atoms with Crippen molar-refractivity contribution in [2.45, 2.75) is 23.0 Å². The van der Waals surface area contributed by atoms with Crippen LogP contribution in [0.2, 0.25) is 0 Å². The van der Waals surface area contributed by atoms with Crippen LogP contribution in [-0.2, 0) is 4.79 Å². The lowest BCUT2D eigenvalue weighted by Gasteiger charge is -2.31. The molecule has 12 heavy (non-hydrogen) atoms. The second-order valence-corrected chi connectivity index (χ2v) is 6.50. The van der Waals surface area contributed by atoms with Gasteiger partial charge in [-0.25, -0.2) is 0 Å². The average Bonchev–Trinajstić information content (AvgIpc) is 2.50. The van der Waals surface area contributed by atoms with Crippen molar-refractivity contribution < 1.29 is 4.79 Å². The normalized spacial score (nSPS) is 33.8. The number of carbonyl (C=O) groups excluding carboxylic acids is 1. The molecule has 2 fully saturated rings. The summed E-state index contributed by atoms with van der Waals surface area (Å²) in [5.41, 5.74) is 0. The van der Waals surface area contributed by atoms with Gasteiger partial charge in [-0.2, -0.15) is 0 Å². The Hall–Kier alpha value is 0.330. The van der Waals surface area contributed by atoms with Crippen LogP contribution in [0.1, 0.15) is 12.8 Å². The number of aldehydes is 1. The van der Waals surface area contributed by atoms with E-state index in [-0.39, 0.29) is 6.04 Å². The van der Waals surface area contributed by atoms with Crippen LogP contribution in [0.15, 0.2) is 0 Å². The molecule has 2 aliphatic rings. The van der Waals surface area contributed by atoms with Crippen LogP contribution in [-0.4, -0.2) is 34.5 Å². The lowest BCUT2D eigenvalue weighted by molar-refractivity contribution is -0.109. The summed E-state index contributed by atoms with van der Waals surface area (Å²) in [6.45, 7) is 1.01. The highest BCUT2D eigenvalue weighted by atomic mass is 32.2. The van der Waals surface area contributed by atoms with Gasteiger partial charge in [-0.15, -0.1) is 23.5 Å². The maximum atomic E-state index is 10.6. The Labute approximate surface area is 81.2 Å². The molecule has 1 N–H and O–H groups in total. The lowest BCUT2D eigenvalue weighted by Crippen LogP contribution is -2.27. The maximum absolute atomic E-state index is 10.6. The van der Waals surface area contributed by atoms with Crippen LogP contribution in [0.5, 0.6) is 0 Å². The Morgan fingerprint density at radius 3 is 2.75 bits per heavy atom. The average molecular weight is 203 g/mol. The van der Waals surface area contributed by atoms with Crippen molar-refractivity contribution in [2.24, 2.45) is 0 Å². The van der Waals surface area contributed by atoms with Crippen LogP contribution in [0.4, 0.5) is 0 Å². The van der Waals surface area contributed by atoms with Gasteiger partial charge in [-0.05, 0) is 24.3 Å². The molecule has 1 unspecified atom stereocenters. The van der Waals surface area contributed by atoms with Gasteiger partial charge in [0.1, 0.15) is 6.29 Å². The molecule has 4 heteroatoms. The summed E-state index contributed by atoms with van der Waals surface area (Å²) >= 11 is 4.07. The fourth-order valence-electron chi connectivity index (χ4n) is 1.70. The van der Waals surface area contributed by atoms with E-state index in [0.29, 0.717) is 4.08 Å². The molecule has 2 saturated heterocycles. The minimum Gasteiger partial charge on any atom is -0.305 e. The first-order valence-electron chi connectivity index (χ1n) is 4.31. The molecule has 2 nitrogen and oxygen atoms in total. The van der Waals surface area contributed by atoms with Crippen LogP contribution < -0.4 is 5.32 Å². The summed E-state index contributed by atoms with van der Waals surface area (Å²) in [6, 6.07) is 0.114. The minimum atomic E-state index is 0.114. The molecule has 0 amide bonds. The summed E-state index contributed by atoms with van der Waals surface area (Å²) in [4.78, 5) is 10.6. The molecule has 0 radical (unpaired) electrons. The van der Waals surface area contributed by atoms with Crippen LogP contribution in [0, 0.1) is 0 Å². The maximum Gasteiger partial charge on any atom is 0.136 e. The Morgan fingerprint density at radius 2 is 2.17 bits per heavy atom. The van der Waals surface area contributed by atoms with E-state index in [4.69, 9.17) is 0 Å². The molecule has 2 heterocycles. The van der Waals surface area contributed by atoms with Crippen molar-refractivity contribution in [3.8, 4) is 0 Å². The number of rotatable bonds is 1. The second kappa shape index (κ2) is 3.60. The van der Waals surface area contributed by atoms with Crippen molar-refractivity contribution in [3.63, 3.8) is 0 Å². The second-order valence-electron chi connectivity index (χ2n) is 3.29. The third kappa shape index (κ3) is 1.65. The van der Waals surface area contributed by atoms with Gasteiger partial charge in [0.2, 0.25) is 0 Å². The highest BCUT2D eigenvalue weighted by molar-refractivity contribution is 8.18. The molecular weight excluding hydrogens is 190 g/mol. The molecule has 0 saturated carbocycles. The van der Waals surface area contributed by atoms with E-state index in [1.54, 1.807) is 0 Å². The quantitative estimate of drug-likeness (QED) is 0.647. The predicted octanol–water partition coefficient (Wildman–Crippen LogP) is 1.11. The van der Waals surface area contributed by atoms with Crippen molar-refractivity contribution in [1.82, 2.24) is 5.32 Å². The van der Waals surface area contributed by atoms with Gasteiger partial charge in [0.15, 0.2) is 0 Å². The van der Waals surface area contributed by atoms with Gasteiger partial charge < -0.3 is 10.1 Å². The highest BCUT2D eigenvalue weighted by Crippen LogP contribution is 2.47. The summed E-state index contributed by atoms with van der Waals surface area (Å²) in [7, 11) is 0. The molecular formula is C8H13NOS2. The fourth-order valence-corrected chi connectivity index (χ4v) is 5.00. The first kappa shape index (κ1) is 8.91. The van der Waals surface area contributed by atoms with E-state index < -0.39 is 0 Å². The number of thioether (sulfide) groups is 2. The summed E-state index contributed by atoms with van der Waals surface area (Å²) < 4.78 is 0.337. The zero-order valence-electron chi connectivity index (χ0n) is 6.91. The van der Waals surface area contributed by atoms with E-state index in [9.17, 15) is 4.79 Å². The topological polar surface area (TPSA) is 29.1 Å². The van der Waals surface area contributed by atoms with Crippen molar-refractivity contribution in [3.05, 3.63) is 0 Å². The Balaban J connectivity index is 1.98. The van der Waals surface area contributed by atoms with Gasteiger partial charge in [0, 0.05) is 6.54 Å². The zero-order valence-corrected chi connectivity index (χ0v) is 8.55. The molecule has 2 rings (SSSR count). The van der Waals surface area contributed by atoms with E-state index >= 15 is 0 Å². The molecule has 0 aliphatic carbocycles. The monoisotopic (exact) mass is 203 g/mol. The summed E-state index contributed by atoms with van der Waals surface area (Å²) in [5.74, 6) is 2.53. The lowest BCUT2D eigenvalue weighted by atomic mass is 10.2. The Morgan fingerprint density at radius 1 is 1.42 bits per heavy atom. The van der Waals surface area contributed by atoms with Crippen LogP contribution in [0.25, 0.3) is 0 Å². The van der Waals surface area contributed by atoms with Crippen molar-refractivity contribution >= 4 is 29.8 Å². The standard InChI is InChI=1S/C8H13NOS2/c10-5-7-4-8(6-9-7)11-2-1-3-12-8/h5,7,9H,1-4,6H2. The number of hydrogen-bond donors (Lipinski definition) is 1. The van der Waals surface area contributed by atoms with Gasteiger partial charge in [0.05, 0.1) is 10.1 Å². The van der Waals surface area contributed by atoms with E-state index in [2.05, 4.69) is 5.32 Å². The molecule has 1 spiro atoms. The predicted molar refractivity (Wildman–Crippen MR) is 54.7 cm³/mol. The molecule has 2 aliphatic heterocycles. The Kier molecular flexibility index (Phi) is 2.67. The highest BCUT2D eigenvalue weighted by Gasteiger charge is 2.40. The minimum absolute atomic E-state index is 0.114. The van der Waals surface area contributed by atoms with Gasteiger partial charge >= 0.3 is 0 Å². The molecule has 0 aromatic heterocycles. The fraction of sp³-hybridized carbons (Fsp3) is 0.875. The third-order valence-corrected chi connectivity index (χ3v) is 5.71. The first-order valence-corrected chi connectivity index (χ1v) is 6.28. The number of hydrogen-bond acceptors (Lipinski definition) is 4. The summed E-state index contributed by atoms with van der Waals surface area (Å²) in [5, 5.41) is 3.26.